The first-order chi connectivity index (χ1) is 14.9. The quantitative estimate of drug-likeness (QED) is 0.311. The first-order valence-electron chi connectivity index (χ1n) is 10.8. The summed E-state index contributed by atoms with van der Waals surface area (Å²) in [7, 11) is 0. The lowest BCUT2D eigenvalue weighted by Gasteiger charge is -2.13. The average molecular weight is 427 g/mol. The summed E-state index contributed by atoms with van der Waals surface area (Å²) in [6, 6.07) is 10.8. The number of carbonyl (C=O) groups excluding carboxylic acids is 1. The van der Waals surface area contributed by atoms with Gasteiger partial charge in [0.2, 0.25) is 0 Å². The van der Waals surface area contributed by atoms with E-state index in [9.17, 15) is 14.4 Å². The van der Waals surface area contributed by atoms with Gasteiger partial charge in [0, 0.05) is 17.5 Å². The summed E-state index contributed by atoms with van der Waals surface area (Å²) in [5, 5.41) is 18.2. The average Bonchev–Trinajstić information content (AvgIpc) is 2.77. The van der Waals surface area contributed by atoms with Gasteiger partial charge in [0.05, 0.1) is 12.2 Å². The zero-order valence-electron chi connectivity index (χ0n) is 17.9. The largest absolute Gasteiger partial charge is 0.493 e. The minimum Gasteiger partial charge on any atom is -0.493 e. The maximum Gasteiger partial charge on any atom is 0.335 e. The van der Waals surface area contributed by atoms with Crippen LogP contribution in [0.2, 0.25) is 0 Å². The van der Waals surface area contributed by atoms with Crippen LogP contribution in [0.15, 0.2) is 42.5 Å². The Labute approximate surface area is 182 Å². The third-order valence-corrected chi connectivity index (χ3v) is 5.06. The molecule has 166 valence electrons. The van der Waals surface area contributed by atoms with Crippen LogP contribution in [0.4, 0.5) is 0 Å². The lowest BCUT2D eigenvalue weighted by molar-refractivity contribution is -0.136. The SMILES string of the molecule is CCCCCCCCOc1ccc(C(=O)c2cccc(C(=O)O)c2)cc1CCC(=O)O. The molecule has 0 heterocycles. The van der Waals surface area contributed by atoms with Crippen LogP contribution in [0.5, 0.6) is 5.75 Å². The Balaban J connectivity index is 2.12. The number of carboxylic acid groups (broad SMARTS) is 2. The van der Waals surface area contributed by atoms with Crippen LogP contribution in [-0.4, -0.2) is 34.5 Å². The number of carbonyl (C=O) groups is 3. The van der Waals surface area contributed by atoms with E-state index in [2.05, 4.69) is 6.92 Å². The second kappa shape index (κ2) is 12.5. The van der Waals surface area contributed by atoms with Gasteiger partial charge < -0.3 is 14.9 Å². The zero-order valence-corrected chi connectivity index (χ0v) is 17.9. The zero-order chi connectivity index (χ0) is 22.6. The van der Waals surface area contributed by atoms with E-state index in [0.29, 0.717) is 23.5 Å². The second-order valence-electron chi connectivity index (χ2n) is 7.55. The van der Waals surface area contributed by atoms with Gasteiger partial charge in [-0.25, -0.2) is 4.79 Å². The van der Waals surface area contributed by atoms with Gasteiger partial charge in [-0.2, -0.15) is 0 Å². The highest BCUT2D eigenvalue weighted by Crippen LogP contribution is 2.24. The maximum atomic E-state index is 12.9. The van der Waals surface area contributed by atoms with E-state index in [-0.39, 0.29) is 29.8 Å². The number of rotatable bonds is 14. The summed E-state index contributed by atoms with van der Waals surface area (Å²) in [6.45, 7) is 2.72. The van der Waals surface area contributed by atoms with E-state index >= 15 is 0 Å². The molecule has 0 saturated carbocycles. The number of benzene rings is 2. The third-order valence-electron chi connectivity index (χ3n) is 5.06. The molecule has 6 nitrogen and oxygen atoms in total. The summed E-state index contributed by atoms with van der Waals surface area (Å²) in [5.41, 5.74) is 1.34. The van der Waals surface area contributed by atoms with Crippen LogP contribution in [-0.2, 0) is 11.2 Å². The minimum absolute atomic E-state index is 0.0378. The molecule has 0 aliphatic carbocycles. The van der Waals surface area contributed by atoms with Crippen molar-refractivity contribution in [2.24, 2.45) is 0 Å². The summed E-state index contributed by atoms with van der Waals surface area (Å²) in [6.07, 6.45) is 7.02. The van der Waals surface area contributed by atoms with Gasteiger partial charge in [-0.1, -0.05) is 51.2 Å². The molecule has 0 radical (unpaired) electrons. The first-order valence-corrected chi connectivity index (χ1v) is 10.8. The number of ketones is 1. The van der Waals surface area contributed by atoms with Crippen molar-refractivity contribution in [3.05, 3.63) is 64.7 Å². The molecule has 0 aromatic heterocycles. The molecule has 0 fully saturated rings. The molecule has 31 heavy (non-hydrogen) atoms. The Bertz CT molecular complexity index is 903. The fourth-order valence-electron chi connectivity index (χ4n) is 3.32. The Morgan fingerprint density at radius 2 is 1.52 bits per heavy atom. The number of aryl methyl sites for hydroxylation is 1. The van der Waals surface area contributed by atoms with Crippen molar-refractivity contribution in [3.8, 4) is 5.75 Å². The molecule has 2 aromatic carbocycles. The fraction of sp³-hybridized carbons (Fsp3) is 0.400. The van der Waals surface area contributed by atoms with Gasteiger partial charge in [-0.05, 0) is 48.7 Å². The summed E-state index contributed by atoms with van der Waals surface area (Å²) >= 11 is 0. The molecule has 2 N–H and O–H groups in total. The normalized spacial score (nSPS) is 10.6. The monoisotopic (exact) mass is 426 g/mol. The molecule has 0 spiro atoms. The number of ether oxygens (including phenoxy) is 1. The van der Waals surface area contributed by atoms with Gasteiger partial charge in [0.1, 0.15) is 5.75 Å². The molecular weight excluding hydrogens is 396 g/mol. The molecule has 2 aromatic rings. The summed E-state index contributed by atoms with van der Waals surface area (Å²) < 4.78 is 5.89. The van der Waals surface area contributed by atoms with Crippen molar-refractivity contribution >= 4 is 17.7 Å². The molecule has 2 rings (SSSR count). The highest BCUT2D eigenvalue weighted by atomic mass is 16.5. The number of hydrogen-bond donors (Lipinski definition) is 2. The lowest BCUT2D eigenvalue weighted by Crippen LogP contribution is -2.07. The number of unbranched alkanes of at least 4 members (excludes halogenated alkanes) is 5. The lowest BCUT2D eigenvalue weighted by atomic mass is 9.98. The Hall–Kier alpha value is -3.15. The van der Waals surface area contributed by atoms with E-state index in [1.807, 2.05) is 0 Å². The van der Waals surface area contributed by atoms with Gasteiger partial charge in [-0.15, -0.1) is 0 Å². The molecule has 6 heteroatoms. The highest BCUT2D eigenvalue weighted by Gasteiger charge is 2.15. The van der Waals surface area contributed by atoms with Crippen LogP contribution >= 0.6 is 0 Å². The van der Waals surface area contributed by atoms with Crippen LogP contribution in [0.1, 0.15) is 83.7 Å². The number of aliphatic carboxylic acids is 1. The van der Waals surface area contributed by atoms with E-state index in [0.717, 1.165) is 12.8 Å². The molecular formula is C25H30O6. The topological polar surface area (TPSA) is 101 Å². The van der Waals surface area contributed by atoms with Crippen LogP contribution in [0, 0.1) is 0 Å². The van der Waals surface area contributed by atoms with Crippen LogP contribution in [0.3, 0.4) is 0 Å². The number of hydrogen-bond acceptors (Lipinski definition) is 4. The molecule has 0 atom stereocenters. The van der Waals surface area contributed by atoms with Crippen molar-refractivity contribution in [3.63, 3.8) is 0 Å². The Morgan fingerprint density at radius 1 is 0.839 bits per heavy atom. The van der Waals surface area contributed by atoms with Crippen molar-refractivity contribution in [2.75, 3.05) is 6.61 Å². The second-order valence-corrected chi connectivity index (χ2v) is 7.55. The van der Waals surface area contributed by atoms with E-state index in [1.165, 1.54) is 43.9 Å². The van der Waals surface area contributed by atoms with Crippen molar-refractivity contribution in [1.82, 2.24) is 0 Å². The van der Waals surface area contributed by atoms with Gasteiger partial charge >= 0.3 is 11.9 Å². The Kier molecular flexibility index (Phi) is 9.75. The van der Waals surface area contributed by atoms with Crippen molar-refractivity contribution in [2.45, 2.75) is 58.3 Å². The van der Waals surface area contributed by atoms with E-state index in [4.69, 9.17) is 14.9 Å². The molecule has 0 aliphatic heterocycles. The minimum atomic E-state index is -1.10. The van der Waals surface area contributed by atoms with Crippen molar-refractivity contribution in [1.29, 1.82) is 0 Å². The maximum absolute atomic E-state index is 12.9. The highest BCUT2D eigenvalue weighted by molar-refractivity contribution is 6.10. The molecule has 0 bridgehead atoms. The molecule has 0 amide bonds. The van der Waals surface area contributed by atoms with Crippen LogP contribution < -0.4 is 4.74 Å². The van der Waals surface area contributed by atoms with E-state index in [1.54, 1.807) is 24.3 Å². The number of aromatic carboxylic acids is 1. The van der Waals surface area contributed by atoms with Gasteiger partial charge in [0.15, 0.2) is 5.78 Å². The van der Waals surface area contributed by atoms with Crippen molar-refractivity contribution < 1.29 is 29.3 Å². The number of carboxylic acids is 2. The smallest absolute Gasteiger partial charge is 0.335 e. The molecule has 0 aliphatic rings. The van der Waals surface area contributed by atoms with E-state index < -0.39 is 11.9 Å². The third kappa shape index (κ3) is 7.89. The standard InChI is InChI=1S/C25H30O6/c1-2-3-4-5-6-7-15-31-22-13-11-20(16-18(22)12-14-23(26)27)24(28)19-9-8-10-21(17-19)25(29)30/h8-11,13,16-17H,2-7,12,14-15H2,1H3,(H,26,27)(H,29,30). The van der Waals surface area contributed by atoms with Gasteiger partial charge in [0.25, 0.3) is 0 Å². The summed E-state index contributed by atoms with van der Waals surface area (Å²) in [4.78, 5) is 35.1. The molecule has 0 unspecified atom stereocenters. The summed E-state index contributed by atoms with van der Waals surface area (Å²) in [5.74, 6) is -1.75. The van der Waals surface area contributed by atoms with Crippen LogP contribution in [0.25, 0.3) is 0 Å². The fourth-order valence-corrected chi connectivity index (χ4v) is 3.32. The van der Waals surface area contributed by atoms with Gasteiger partial charge in [-0.3, -0.25) is 9.59 Å². The first kappa shape index (κ1) is 24.1. The predicted molar refractivity (Wildman–Crippen MR) is 118 cm³/mol. The predicted octanol–water partition coefficient (Wildman–Crippen LogP) is 5.37. The molecule has 0 saturated heterocycles. The Morgan fingerprint density at radius 3 is 2.23 bits per heavy atom.